The van der Waals surface area contributed by atoms with Crippen molar-refractivity contribution in [3.63, 3.8) is 0 Å². The fraction of sp³-hybridized carbons (Fsp3) is 0.222. The van der Waals surface area contributed by atoms with E-state index in [2.05, 4.69) is 20.7 Å². The fourth-order valence-corrected chi connectivity index (χ4v) is 2.14. The van der Waals surface area contributed by atoms with Crippen LogP contribution in [0.2, 0.25) is 0 Å². The van der Waals surface area contributed by atoms with Crippen LogP contribution in [0.5, 0.6) is 5.75 Å². The van der Waals surface area contributed by atoms with Crippen LogP contribution in [-0.2, 0) is 0 Å². The highest BCUT2D eigenvalue weighted by Crippen LogP contribution is 2.31. The lowest BCUT2D eigenvalue weighted by molar-refractivity contribution is -0.274. The van der Waals surface area contributed by atoms with Gasteiger partial charge in [0.2, 0.25) is 0 Å². The van der Waals surface area contributed by atoms with Gasteiger partial charge in [-0.15, -0.1) is 13.2 Å². The molecule has 16 heavy (non-hydrogen) atoms. The number of benzene rings is 1. The molecular weight excluding hydrogens is 404 g/mol. The van der Waals surface area contributed by atoms with E-state index in [9.17, 15) is 18.0 Å². The number of alkyl halides is 3. The van der Waals surface area contributed by atoms with Gasteiger partial charge in [-0.05, 0) is 57.6 Å². The molecule has 1 aromatic carbocycles. The van der Waals surface area contributed by atoms with Gasteiger partial charge in [-0.3, -0.25) is 4.79 Å². The summed E-state index contributed by atoms with van der Waals surface area (Å²) in [7, 11) is 0. The molecule has 1 aromatic rings. The number of ether oxygens (including phenoxy) is 1. The Bertz CT molecular complexity index is 431. The summed E-state index contributed by atoms with van der Waals surface area (Å²) in [5, 5.41) is 0. The normalized spacial score (nSPS) is 11.4. The van der Waals surface area contributed by atoms with Crippen molar-refractivity contribution >= 4 is 44.3 Å². The lowest BCUT2D eigenvalue weighted by Gasteiger charge is -2.11. The summed E-state index contributed by atoms with van der Waals surface area (Å²) >= 11 is 4.94. The second kappa shape index (κ2) is 4.91. The van der Waals surface area contributed by atoms with E-state index in [0.29, 0.717) is 8.04 Å². The van der Waals surface area contributed by atoms with E-state index >= 15 is 0 Å². The maximum atomic E-state index is 12.0. The van der Waals surface area contributed by atoms with E-state index in [-0.39, 0.29) is 11.3 Å². The monoisotopic (exact) mass is 408 g/mol. The molecule has 0 atom stereocenters. The number of rotatable bonds is 2. The van der Waals surface area contributed by atoms with Crippen LogP contribution < -0.4 is 4.74 Å². The molecule has 0 aliphatic carbocycles. The zero-order valence-electron chi connectivity index (χ0n) is 7.86. The van der Waals surface area contributed by atoms with Crippen LogP contribution in [0.4, 0.5) is 13.2 Å². The van der Waals surface area contributed by atoms with Crippen LogP contribution in [0, 0.1) is 3.57 Å². The van der Waals surface area contributed by atoms with E-state index < -0.39 is 12.1 Å². The van der Waals surface area contributed by atoms with Crippen LogP contribution in [0.3, 0.4) is 0 Å². The Kier molecular flexibility index (Phi) is 4.22. The molecule has 0 aliphatic rings. The minimum absolute atomic E-state index is 0.189. The quantitative estimate of drug-likeness (QED) is 0.542. The Morgan fingerprint density at radius 3 is 2.44 bits per heavy atom. The highest BCUT2D eigenvalue weighted by Gasteiger charge is 2.31. The Balaban J connectivity index is 3.19. The van der Waals surface area contributed by atoms with Crippen LogP contribution in [0.25, 0.3) is 0 Å². The van der Waals surface area contributed by atoms with E-state index in [4.69, 9.17) is 0 Å². The van der Waals surface area contributed by atoms with E-state index in [1.807, 2.05) is 22.6 Å². The van der Waals surface area contributed by atoms with Gasteiger partial charge in [0.15, 0.2) is 5.78 Å². The van der Waals surface area contributed by atoms with Gasteiger partial charge in [-0.2, -0.15) is 0 Å². The molecule has 0 saturated carbocycles. The summed E-state index contributed by atoms with van der Waals surface area (Å²) in [5.41, 5.74) is 0.189. The molecule has 0 aromatic heterocycles. The highest BCUT2D eigenvalue weighted by molar-refractivity contribution is 14.1. The van der Waals surface area contributed by atoms with Crippen molar-refractivity contribution in [1.29, 1.82) is 0 Å². The smallest absolute Gasteiger partial charge is 0.406 e. The SMILES string of the molecule is CC(=O)c1cc(OC(F)(F)F)cc(Br)c1I. The Labute approximate surface area is 111 Å². The van der Waals surface area contributed by atoms with Gasteiger partial charge >= 0.3 is 6.36 Å². The topological polar surface area (TPSA) is 26.3 Å². The summed E-state index contributed by atoms with van der Waals surface area (Å²) in [5.74, 6) is -0.734. The third-order valence-corrected chi connectivity index (χ3v) is 4.14. The van der Waals surface area contributed by atoms with Crippen molar-refractivity contribution in [2.45, 2.75) is 13.3 Å². The van der Waals surface area contributed by atoms with Crippen molar-refractivity contribution in [1.82, 2.24) is 0 Å². The first-order valence-corrected chi connectivity index (χ1v) is 5.83. The number of halogens is 5. The molecule has 88 valence electrons. The molecule has 0 N–H and O–H groups in total. The van der Waals surface area contributed by atoms with Crippen molar-refractivity contribution < 1.29 is 22.7 Å². The minimum Gasteiger partial charge on any atom is -0.406 e. The predicted octanol–water partition coefficient (Wildman–Crippen LogP) is 4.15. The number of hydrogen-bond donors (Lipinski definition) is 0. The van der Waals surface area contributed by atoms with Crippen LogP contribution in [0.1, 0.15) is 17.3 Å². The third kappa shape index (κ3) is 3.62. The van der Waals surface area contributed by atoms with Crippen molar-refractivity contribution in [2.24, 2.45) is 0 Å². The van der Waals surface area contributed by atoms with E-state index in [0.717, 1.165) is 6.07 Å². The van der Waals surface area contributed by atoms with Gasteiger partial charge in [0, 0.05) is 13.6 Å². The van der Waals surface area contributed by atoms with Gasteiger partial charge in [0.1, 0.15) is 5.75 Å². The third-order valence-electron chi connectivity index (χ3n) is 1.61. The summed E-state index contributed by atoms with van der Waals surface area (Å²) in [6.45, 7) is 1.28. The molecule has 0 radical (unpaired) electrons. The van der Waals surface area contributed by atoms with Crippen LogP contribution >= 0.6 is 38.5 Å². The van der Waals surface area contributed by atoms with Crippen LogP contribution in [-0.4, -0.2) is 12.1 Å². The van der Waals surface area contributed by atoms with Gasteiger partial charge in [0.25, 0.3) is 0 Å². The van der Waals surface area contributed by atoms with E-state index in [1.165, 1.54) is 13.0 Å². The molecule has 2 nitrogen and oxygen atoms in total. The van der Waals surface area contributed by atoms with Gasteiger partial charge in [-0.1, -0.05) is 0 Å². The Morgan fingerprint density at radius 2 is 2.00 bits per heavy atom. The molecule has 0 aliphatic heterocycles. The van der Waals surface area contributed by atoms with E-state index in [1.54, 1.807) is 0 Å². The number of carbonyl (C=O) groups is 1. The molecule has 0 unspecified atom stereocenters. The highest BCUT2D eigenvalue weighted by atomic mass is 127. The Hall–Kier alpha value is -0.310. The molecule has 1 rings (SSSR count). The second-order valence-corrected chi connectivity index (χ2v) is 4.80. The van der Waals surface area contributed by atoms with Crippen LogP contribution in [0.15, 0.2) is 16.6 Å². The molecule has 0 saturated heterocycles. The molecule has 0 fully saturated rings. The molecule has 0 spiro atoms. The maximum absolute atomic E-state index is 12.0. The number of hydrogen-bond acceptors (Lipinski definition) is 2. The van der Waals surface area contributed by atoms with Crippen molar-refractivity contribution in [2.75, 3.05) is 0 Å². The van der Waals surface area contributed by atoms with Crippen molar-refractivity contribution in [3.05, 3.63) is 25.7 Å². The first kappa shape index (κ1) is 13.8. The zero-order chi connectivity index (χ0) is 12.5. The standard InChI is InChI=1S/C9H5BrF3IO2/c1-4(15)6-2-5(16-9(11,12)13)3-7(10)8(6)14/h2-3H,1H3. The molecule has 0 heterocycles. The number of carbonyl (C=O) groups excluding carboxylic acids is 1. The molecule has 0 bridgehead atoms. The molecule has 0 amide bonds. The van der Waals surface area contributed by atoms with Gasteiger partial charge in [-0.25, -0.2) is 0 Å². The molecule has 7 heteroatoms. The minimum atomic E-state index is -4.76. The Morgan fingerprint density at radius 1 is 1.44 bits per heavy atom. The zero-order valence-corrected chi connectivity index (χ0v) is 11.6. The summed E-state index contributed by atoms with van der Waals surface area (Å²) in [6.07, 6.45) is -4.76. The average Bonchev–Trinajstić information content (AvgIpc) is 2.07. The fourth-order valence-electron chi connectivity index (χ4n) is 1.01. The summed E-state index contributed by atoms with van der Waals surface area (Å²) in [6, 6.07) is 2.24. The second-order valence-electron chi connectivity index (χ2n) is 2.87. The lowest BCUT2D eigenvalue weighted by Crippen LogP contribution is -2.17. The molecular formula is C9H5BrF3IO2. The van der Waals surface area contributed by atoms with Crippen molar-refractivity contribution in [3.8, 4) is 5.75 Å². The largest absolute Gasteiger partial charge is 0.573 e. The number of Topliss-reactive ketones (excluding diaryl/α,β-unsaturated/α-hetero) is 1. The lowest BCUT2D eigenvalue weighted by atomic mass is 10.1. The van der Waals surface area contributed by atoms with Gasteiger partial charge < -0.3 is 4.74 Å². The predicted molar refractivity (Wildman–Crippen MR) is 63.5 cm³/mol. The maximum Gasteiger partial charge on any atom is 0.573 e. The summed E-state index contributed by atoms with van der Waals surface area (Å²) < 4.78 is 40.6. The average molecular weight is 409 g/mol. The van der Waals surface area contributed by atoms with Gasteiger partial charge in [0.05, 0.1) is 0 Å². The first-order valence-electron chi connectivity index (χ1n) is 3.96. The first-order chi connectivity index (χ1) is 7.20. The summed E-state index contributed by atoms with van der Waals surface area (Å²) in [4.78, 5) is 11.2. The number of ketones is 1.